The summed E-state index contributed by atoms with van der Waals surface area (Å²) in [6, 6.07) is 14.9. The summed E-state index contributed by atoms with van der Waals surface area (Å²) in [7, 11) is 0. The molecule has 0 unspecified atom stereocenters. The number of urea groups is 1. The fraction of sp³-hybridized carbons (Fsp3) is 0.435. The first-order valence-corrected chi connectivity index (χ1v) is 9.96. The number of hydrogen-bond acceptors (Lipinski definition) is 2. The quantitative estimate of drug-likeness (QED) is 0.859. The lowest BCUT2D eigenvalue weighted by molar-refractivity contribution is 0.194. The number of carbonyl (C=O) groups is 1. The van der Waals surface area contributed by atoms with Crippen LogP contribution in [-0.4, -0.2) is 43.7 Å². The molecule has 1 aliphatic heterocycles. The van der Waals surface area contributed by atoms with Crippen molar-refractivity contribution >= 4 is 11.7 Å². The number of benzene rings is 2. The van der Waals surface area contributed by atoms with Crippen molar-refractivity contribution in [2.24, 2.45) is 0 Å². The van der Waals surface area contributed by atoms with E-state index in [1.54, 1.807) is 12.1 Å². The maximum absolute atomic E-state index is 12.9. The van der Waals surface area contributed by atoms with Gasteiger partial charge in [-0.1, -0.05) is 51.1 Å². The van der Waals surface area contributed by atoms with Crippen LogP contribution in [0.4, 0.5) is 14.9 Å². The lowest BCUT2D eigenvalue weighted by atomic mass is 9.85. The number of piperazine rings is 1. The Hall–Kier alpha value is -2.56. The van der Waals surface area contributed by atoms with Crippen LogP contribution in [0.25, 0.3) is 0 Å². The van der Waals surface area contributed by atoms with Gasteiger partial charge in [0.05, 0.1) is 0 Å². The lowest BCUT2D eigenvalue weighted by Gasteiger charge is -2.38. The van der Waals surface area contributed by atoms with Crippen molar-refractivity contribution in [3.05, 3.63) is 65.5 Å². The van der Waals surface area contributed by atoms with Crippen molar-refractivity contribution in [2.45, 2.75) is 32.6 Å². The standard InChI is InChI=1S/C23H30FN3O/c1-23(2,3)20-6-4-5-7-21(20)26-14-16-27(17-15-26)22(28)25-13-12-18-8-10-19(24)11-9-18/h4-11H,12-17H2,1-3H3,(H,25,28). The number of hydrogen-bond donors (Lipinski definition) is 1. The van der Waals surface area contributed by atoms with Gasteiger partial charge in [-0.05, 0) is 41.2 Å². The SMILES string of the molecule is CC(C)(C)c1ccccc1N1CCN(C(=O)NCCc2ccc(F)cc2)CC1. The van der Waals surface area contributed by atoms with Crippen LogP contribution in [-0.2, 0) is 11.8 Å². The number of nitrogens with one attached hydrogen (secondary N) is 1. The molecule has 0 aliphatic carbocycles. The fourth-order valence-electron chi connectivity index (χ4n) is 3.61. The number of halogens is 1. The normalized spacial score (nSPS) is 14.9. The smallest absolute Gasteiger partial charge is 0.317 e. The topological polar surface area (TPSA) is 35.6 Å². The van der Waals surface area contributed by atoms with E-state index in [1.807, 2.05) is 4.90 Å². The Labute approximate surface area is 167 Å². The fourth-order valence-corrected chi connectivity index (χ4v) is 3.61. The van der Waals surface area contributed by atoms with Crippen molar-refractivity contribution in [3.63, 3.8) is 0 Å². The number of rotatable bonds is 4. The van der Waals surface area contributed by atoms with Crippen LogP contribution in [0.2, 0.25) is 0 Å². The van der Waals surface area contributed by atoms with Crippen LogP contribution >= 0.6 is 0 Å². The summed E-state index contributed by atoms with van der Waals surface area (Å²) >= 11 is 0. The third kappa shape index (κ3) is 5.03. The molecule has 1 heterocycles. The molecule has 0 spiro atoms. The number of carbonyl (C=O) groups excluding carboxylic acids is 1. The van der Waals surface area contributed by atoms with Crippen LogP contribution in [0.3, 0.4) is 0 Å². The molecule has 0 radical (unpaired) electrons. The highest BCUT2D eigenvalue weighted by Crippen LogP contribution is 2.32. The zero-order valence-corrected chi connectivity index (χ0v) is 17.0. The molecule has 1 aliphatic rings. The molecule has 1 fully saturated rings. The first kappa shape index (κ1) is 20.2. The first-order chi connectivity index (χ1) is 13.3. The molecule has 3 rings (SSSR count). The molecule has 4 nitrogen and oxygen atoms in total. The Morgan fingerprint density at radius 3 is 2.29 bits per heavy atom. The molecule has 1 N–H and O–H groups in total. The number of para-hydroxylation sites is 1. The summed E-state index contributed by atoms with van der Waals surface area (Å²) in [4.78, 5) is 16.7. The van der Waals surface area contributed by atoms with E-state index >= 15 is 0 Å². The molecule has 0 saturated carbocycles. The van der Waals surface area contributed by atoms with Gasteiger partial charge in [-0.2, -0.15) is 0 Å². The van der Waals surface area contributed by atoms with E-state index < -0.39 is 0 Å². The van der Waals surface area contributed by atoms with Gasteiger partial charge in [0, 0.05) is 38.4 Å². The summed E-state index contributed by atoms with van der Waals surface area (Å²) in [6.45, 7) is 10.3. The molecular weight excluding hydrogens is 353 g/mol. The molecule has 2 aromatic rings. The number of nitrogens with zero attached hydrogens (tertiary/aromatic N) is 2. The predicted octanol–water partition coefficient (Wildman–Crippen LogP) is 4.20. The maximum Gasteiger partial charge on any atom is 0.317 e. The van der Waals surface area contributed by atoms with E-state index in [-0.39, 0.29) is 17.3 Å². The van der Waals surface area contributed by atoms with Gasteiger partial charge in [-0.25, -0.2) is 9.18 Å². The third-order valence-electron chi connectivity index (χ3n) is 5.22. The average molecular weight is 384 g/mol. The van der Waals surface area contributed by atoms with E-state index in [0.717, 1.165) is 18.7 Å². The van der Waals surface area contributed by atoms with Gasteiger partial charge in [-0.15, -0.1) is 0 Å². The van der Waals surface area contributed by atoms with Gasteiger partial charge in [0.1, 0.15) is 5.82 Å². The molecule has 150 valence electrons. The minimum Gasteiger partial charge on any atom is -0.368 e. The Morgan fingerprint density at radius 1 is 1.00 bits per heavy atom. The second-order valence-electron chi connectivity index (χ2n) is 8.35. The molecule has 2 aromatic carbocycles. The first-order valence-electron chi connectivity index (χ1n) is 9.96. The average Bonchev–Trinajstić information content (AvgIpc) is 2.69. The van der Waals surface area contributed by atoms with Crippen molar-refractivity contribution in [2.75, 3.05) is 37.6 Å². The molecule has 5 heteroatoms. The van der Waals surface area contributed by atoms with Crippen LogP contribution in [0.15, 0.2) is 48.5 Å². The molecule has 28 heavy (non-hydrogen) atoms. The second-order valence-corrected chi connectivity index (χ2v) is 8.35. The summed E-state index contributed by atoms with van der Waals surface area (Å²) in [6.07, 6.45) is 0.699. The van der Waals surface area contributed by atoms with Gasteiger partial charge in [-0.3, -0.25) is 0 Å². The monoisotopic (exact) mass is 383 g/mol. The van der Waals surface area contributed by atoms with Gasteiger partial charge >= 0.3 is 6.03 Å². The van der Waals surface area contributed by atoms with Gasteiger partial charge in [0.2, 0.25) is 0 Å². The molecule has 2 amide bonds. The number of anilines is 1. The van der Waals surface area contributed by atoms with Crippen molar-refractivity contribution < 1.29 is 9.18 Å². The molecule has 0 aromatic heterocycles. The number of amides is 2. The Morgan fingerprint density at radius 2 is 1.64 bits per heavy atom. The zero-order chi connectivity index (χ0) is 20.1. The highest BCUT2D eigenvalue weighted by molar-refractivity contribution is 5.74. The summed E-state index contributed by atoms with van der Waals surface area (Å²) in [5.41, 5.74) is 3.72. The van der Waals surface area contributed by atoms with Crippen molar-refractivity contribution in [1.82, 2.24) is 10.2 Å². The van der Waals surface area contributed by atoms with E-state index in [9.17, 15) is 9.18 Å². The van der Waals surface area contributed by atoms with Gasteiger partial charge in [0.15, 0.2) is 0 Å². The van der Waals surface area contributed by atoms with Gasteiger partial charge in [0.25, 0.3) is 0 Å². The van der Waals surface area contributed by atoms with Crippen LogP contribution in [0.1, 0.15) is 31.9 Å². The molecule has 1 saturated heterocycles. The summed E-state index contributed by atoms with van der Waals surface area (Å²) < 4.78 is 12.9. The maximum atomic E-state index is 12.9. The van der Waals surface area contributed by atoms with Gasteiger partial charge < -0.3 is 15.1 Å². The Bertz CT molecular complexity index is 790. The van der Waals surface area contributed by atoms with Crippen LogP contribution in [0.5, 0.6) is 0 Å². The molecular formula is C23H30FN3O. The Balaban J connectivity index is 1.50. The highest BCUT2D eigenvalue weighted by Gasteiger charge is 2.25. The van der Waals surface area contributed by atoms with E-state index in [2.05, 4.69) is 55.3 Å². The van der Waals surface area contributed by atoms with Crippen LogP contribution < -0.4 is 10.2 Å². The van der Waals surface area contributed by atoms with E-state index in [1.165, 1.54) is 23.4 Å². The second kappa shape index (κ2) is 8.63. The third-order valence-corrected chi connectivity index (χ3v) is 5.22. The van der Waals surface area contributed by atoms with Crippen LogP contribution in [0, 0.1) is 5.82 Å². The molecule has 0 bridgehead atoms. The largest absolute Gasteiger partial charge is 0.368 e. The Kier molecular flexibility index (Phi) is 6.22. The van der Waals surface area contributed by atoms with Crippen molar-refractivity contribution in [1.29, 1.82) is 0 Å². The van der Waals surface area contributed by atoms with Crippen molar-refractivity contribution in [3.8, 4) is 0 Å². The molecule has 0 atom stereocenters. The summed E-state index contributed by atoms with van der Waals surface area (Å²) in [5, 5.41) is 2.98. The lowest BCUT2D eigenvalue weighted by Crippen LogP contribution is -2.52. The minimum absolute atomic E-state index is 0.0223. The highest BCUT2D eigenvalue weighted by atomic mass is 19.1. The summed E-state index contributed by atoms with van der Waals surface area (Å²) in [5.74, 6) is -0.237. The minimum atomic E-state index is -0.237. The van der Waals surface area contributed by atoms with E-state index in [4.69, 9.17) is 0 Å². The zero-order valence-electron chi connectivity index (χ0n) is 17.0. The predicted molar refractivity (Wildman–Crippen MR) is 112 cm³/mol. The van der Waals surface area contributed by atoms with E-state index in [0.29, 0.717) is 26.1 Å².